The van der Waals surface area contributed by atoms with E-state index in [0.29, 0.717) is 13.1 Å². The van der Waals surface area contributed by atoms with Crippen LogP contribution in [0.5, 0.6) is 0 Å². The van der Waals surface area contributed by atoms with E-state index in [1.165, 1.54) is 5.56 Å². The Hall–Kier alpha value is -2.32. The van der Waals surface area contributed by atoms with Gasteiger partial charge in [0.15, 0.2) is 5.96 Å². The lowest BCUT2D eigenvalue weighted by Crippen LogP contribution is -2.38. The zero-order valence-corrected chi connectivity index (χ0v) is 20.6. The molecule has 3 aromatic rings. The van der Waals surface area contributed by atoms with Crippen LogP contribution in [0, 0.1) is 0 Å². The van der Waals surface area contributed by atoms with Crippen molar-refractivity contribution in [3.05, 3.63) is 105 Å². The second-order valence-corrected chi connectivity index (χ2v) is 7.42. The number of nitrogens with one attached hydrogen (secondary N) is 2. The number of pyridine rings is 1. The molecule has 0 saturated heterocycles. The summed E-state index contributed by atoms with van der Waals surface area (Å²) >= 11 is 5.93. The number of hydrogen-bond donors (Lipinski definition) is 2. The van der Waals surface area contributed by atoms with Crippen molar-refractivity contribution in [3.63, 3.8) is 0 Å². The summed E-state index contributed by atoms with van der Waals surface area (Å²) in [6, 6.07) is 21.3. The van der Waals surface area contributed by atoms with E-state index in [2.05, 4.69) is 34.7 Å². The summed E-state index contributed by atoms with van der Waals surface area (Å²) in [7, 11) is 0. The van der Waals surface area contributed by atoms with Crippen molar-refractivity contribution >= 4 is 41.5 Å². The molecule has 0 bridgehead atoms. The molecule has 0 aliphatic heterocycles. The fourth-order valence-corrected chi connectivity index (χ4v) is 3.15. The quantitative estimate of drug-likeness (QED) is 0.247. The number of hydrogen-bond acceptors (Lipinski definition) is 2. The van der Waals surface area contributed by atoms with Gasteiger partial charge in [-0.2, -0.15) is 0 Å². The summed E-state index contributed by atoms with van der Waals surface area (Å²) < 4.78 is 1.70. The molecule has 0 atom stereocenters. The minimum atomic E-state index is 0. The zero-order valence-electron chi connectivity index (χ0n) is 17.6. The van der Waals surface area contributed by atoms with E-state index in [-0.39, 0.29) is 29.5 Å². The predicted octanol–water partition coefficient (Wildman–Crippen LogP) is 4.47. The maximum atomic E-state index is 11.8. The normalized spacial score (nSPS) is 11.0. The smallest absolute Gasteiger partial charge is 0.250 e. The van der Waals surface area contributed by atoms with Gasteiger partial charge in [-0.25, -0.2) is 4.99 Å². The van der Waals surface area contributed by atoms with Gasteiger partial charge >= 0.3 is 0 Å². The molecule has 0 saturated carbocycles. The Balaban J connectivity index is 0.00000341. The van der Waals surface area contributed by atoms with Crippen LogP contribution in [-0.4, -0.2) is 23.6 Å². The van der Waals surface area contributed by atoms with Crippen molar-refractivity contribution in [3.8, 4) is 0 Å². The predicted molar refractivity (Wildman–Crippen MR) is 140 cm³/mol. The molecule has 31 heavy (non-hydrogen) atoms. The van der Waals surface area contributed by atoms with Crippen molar-refractivity contribution in [2.24, 2.45) is 4.99 Å². The molecule has 0 aliphatic carbocycles. The van der Waals surface area contributed by atoms with Crippen LogP contribution in [0.15, 0.2) is 82.7 Å². The first-order valence-electron chi connectivity index (χ1n) is 10.1. The lowest BCUT2D eigenvalue weighted by molar-refractivity contribution is 0.759. The molecule has 3 rings (SSSR count). The molecule has 0 fully saturated rings. The van der Waals surface area contributed by atoms with Gasteiger partial charge < -0.3 is 15.2 Å². The Morgan fingerprint density at radius 3 is 2.29 bits per heavy atom. The monoisotopic (exact) mass is 550 g/mol. The molecule has 2 aromatic carbocycles. The van der Waals surface area contributed by atoms with E-state index in [4.69, 9.17) is 11.6 Å². The van der Waals surface area contributed by atoms with Crippen molar-refractivity contribution in [2.75, 3.05) is 13.1 Å². The summed E-state index contributed by atoms with van der Waals surface area (Å²) in [6.45, 7) is 4.80. The van der Waals surface area contributed by atoms with Gasteiger partial charge in [0.25, 0.3) is 5.56 Å². The third-order valence-electron chi connectivity index (χ3n) is 4.66. The van der Waals surface area contributed by atoms with E-state index in [1.807, 2.05) is 42.5 Å². The number of halogens is 2. The molecule has 0 unspecified atom stereocenters. The zero-order chi connectivity index (χ0) is 21.2. The molecule has 5 nitrogen and oxygen atoms in total. The highest BCUT2D eigenvalue weighted by Crippen LogP contribution is 2.10. The van der Waals surface area contributed by atoms with Crippen molar-refractivity contribution in [2.45, 2.75) is 26.4 Å². The Labute approximate surface area is 205 Å². The second-order valence-electron chi connectivity index (χ2n) is 6.98. The SMILES string of the molecule is CCNC(=NCc1ccc(Cn2ccccc2=O)cc1)NCCc1ccc(Cl)cc1.I. The van der Waals surface area contributed by atoms with Crippen LogP contribution >= 0.6 is 35.6 Å². The largest absolute Gasteiger partial charge is 0.357 e. The fraction of sp³-hybridized carbons (Fsp3) is 0.250. The number of benzene rings is 2. The molecule has 0 radical (unpaired) electrons. The Morgan fingerprint density at radius 1 is 0.935 bits per heavy atom. The molecule has 1 aromatic heterocycles. The van der Waals surface area contributed by atoms with Gasteiger partial charge in [-0.1, -0.05) is 54.1 Å². The Bertz CT molecular complexity index is 1020. The van der Waals surface area contributed by atoms with Gasteiger partial charge in [-0.05, 0) is 48.2 Å². The van der Waals surface area contributed by atoms with Gasteiger partial charge in [-0.3, -0.25) is 4.79 Å². The van der Waals surface area contributed by atoms with E-state index in [0.717, 1.165) is 41.6 Å². The molecular formula is C24H28ClIN4O. The summed E-state index contributed by atoms with van der Waals surface area (Å²) in [6.07, 6.45) is 2.70. The summed E-state index contributed by atoms with van der Waals surface area (Å²) in [5.74, 6) is 0.798. The van der Waals surface area contributed by atoms with E-state index in [1.54, 1.807) is 22.9 Å². The Morgan fingerprint density at radius 2 is 1.61 bits per heavy atom. The molecule has 0 amide bonds. The van der Waals surface area contributed by atoms with Crippen LogP contribution in [0.25, 0.3) is 0 Å². The minimum Gasteiger partial charge on any atom is -0.357 e. The van der Waals surface area contributed by atoms with Gasteiger partial charge in [0.05, 0.1) is 13.1 Å². The maximum Gasteiger partial charge on any atom is 0.250 e. The first-order chi connectivity index (χ1) is 14.6. The first-order valence-corrected chi connectivity index (χ1v) is 10.5. The topological polar surface area (TPSA) is 58.4 Å². The number of nitrogens with zero attached hydrogens (tertiary/aromatic N) is 2. The second kappa shape index (κ2) is 13.2. The van der Waals surface area contributed by atoms with Crippen LogP contribution in [0.1, 0.15) is 23.6 Å². The summed E-state index contributed by atoms with van der Waals surface area (Å²) in [5, 5.41) is 7.40. The number of rotatable bonds is 8. The van der Waals surface area contributed by atoms with Crippen LogP contribution in [0.4, 0.5) is 0 Å². The summed E-state index contributed by atoms with van der Waals surface area (Å²) in [5.41, 5.74) is 3.44. The van der Waals surface area contributed by atoms with E-state index >= 15 is 0 Å². The highest BCUT2D eigenvalue weighted by molar-refractivity contribution is 14.0. The highest BCUT2D eigenvalue weighted by atomic mass is 127. The van der Waals surface area contributed by atoms with Crippen LogP contribution < -0.4 is 16.2 Å². The average molecular weight is 551 g/mol. The van der Waals surface area contributed by atoms with Crippen LogP contribution in [0.3, 0.4) is 0 Å². The summed E-state index contributed by atoms with van der Waals surface area (Å²) in [4.78, 5) is 16.5. The molecule has 0 spiro atoms. The molecular weight excluding hydrogens is 523 g/mol. The first kappa shape index (κ1) is 24.9. The molecule has 2 N–H and O–H groups in total. The van der Waals surface area contributed by atoms with Gasteiger partial charge in [-0.15, -0.1) is 24.0 Å². The standard InChI is InChI=1S/C24H27ClN4O.HI/c1-2-26-24(27-15-14-19-10-12-22(25)13-11-19)28-17-20-6-8-21(9-7-20)18-29-16-4-3-5-23(29)30;/h3-13,16H,2,14-15,17-18H2,1H3,(H2,26,27,28);1H. The number of guanidine groups is 1. The number of aromatic nitrogens is 1. The van der Waals surface area contributed by atoms with Crippen molar-refractivity contribution in [1.29, 1.82) is 0 Å². The van der Waals surface area contributed by atoms with Gasteiger partial charge in [0.2, 0.25) is 0 Å². The third-order valence-corrected chi connectivity index (χ3v) is 4.91. The van der Waals surface area contributed by atoms with Gasteiger partial charge in [0.1, 0.15) is 0 Å². The molecule has 1 heterocycles. The minimum absolute atomic E-state index is 0. The maximum absolute atomic E-state index is 11.8. The highest BCUT2D eigenvalue weighted by Gasteiger charge is 2.01. The number of aliphatic imine (C=N–C) groups is 1. The molecule has 7 heteroatoms. The fourth-order valence-electron chi connectivity index (χ4n) is 3.03. The molecule has 164 valence electrons. The van der Waals surface area contributed by atoms with Crippen LogP contribution in [0.2, 0.25) is 5.02 Å². The lowest BCUT2D eigenvalue weighted by Gasteiger charge is -2.11. The Kier molecular flexibility index (Phi) is 10.6. The van der Waals surface area contributed by atoms with Crippen LogP contribution in [-0.2, 0) is 19.5 Å². The van der Waals surface area contributed by atoms with Gasteiger partial charge in [0, 0.05) is 30.4 Å². The average Bonchev–Trinajstić information content (AvgIpc) is 2.76. The molecule has 0 aliphatic rings. The van der Waals surface area contributed by atoms with Crippen molar-refractivity contribution < 1.29 is 0 Å². The third kappa shape index (κ3) is 8.38. The van der Waals surface area contributed by atoms with Crippen molar-refractivity contribution in [1.82, 2.24) is 15.2 Å². The lowest BCUT2D eigenvalue weighted by atomic mass is 10.1. The van der Waals surface area contributed by atoms with E-state index in [9.17, 15) is 4.79 Å². The van der Waals surface area contributed by atoms with E-state index < -0.39 is 0 Å².